The molecule has 4 heteroatoms. The van der Waals surface area contributed by atoms with E-state index in [-0.39, 0.29) is 32.5 Å². The Morgan fingerprint density at radius 2 is 2.22 bits per heavy atom. The molecule has 2 atom stereocenters. The molecule has 23 heavy (non-hydrogen) atoms. The molecule has 1 rings (SSSR count). The third kappa shape index (κ3) is 10.9. The minimum absolute atomic E-state index is 0. The summed E-state index contributed by atoms with van der Waals surface area (Å²) in [5.74, 6) is 0.180. The van der Waals surface area contributed by atoms with E-state index in [0.717, 1.165) is 13.0 Å². The number of rotatable bonds is 7. The second kappa shape index (κ2) is 14.2. The van der Waals surface area contributed by atoms with Gasteiger partial charge in [-0.3, -0.25) is 4.79 Å². The molecule has 0 fully saturated rings. The van der Waals surface area contributed by atoms with E-state index in [4.69, 9.17) is 4.74 Å². The first-order valence-electron chi connectivity index (χ1n) is 8.16. The number of nitrogens with one attached hydrogen (secondary N) is 1. The van der Waals surface area contributed by atoms with Crippen molar-refractivity contribution in [1.82, 2.24) is 5.32 Å². The molecule has 0 saturated carbocycles. The first kappa shape index (κ1) is 23.8. The maximum absolute atomic E-state index is 13.9. The van der Waals surface area contributed by atoms with Crippen molar-refractivity contribution >= 4 is 5.78 Å². The molecule has 0 aromatic carbocycles. The molecule has 0 heterocycles. The molecule has 0 saturated heterocycles. The number of hydrogen-bond donors (Lipinski definition) is 1. The Balaban J connectivity index is -0.00000106. The molecule has 136 valence electrons. The predicted molar refractivity (Wildman–Crippen MR) is 99.1 cm³/mol. The lowest BCUT2D eigenvalue weighted by molar-refractivity contribution is -0.112. The summed E-state index contributed by atoms with van der Waals surface area (Å²) < 4.78 is 19.6. The van der Waals surface area contributed by atoms with Gasteiger partial charge >= 0.3 is 0 Å². The number of carbonyl (C=O) groups excluding carboxylic acids is 1. The number of halogens is 1. The van der Waals surface area contributed by atoms with Crippen LogP contribution in [0.1, 0.15) is 56.3 Å². The van der Waals surface area contributed by atoms with Gasteiger partial charge in [-0.2, -0.15) is 0 Å². The van der Waals surface area contributed by atoms with Crippen LogP contribution in [0.25, 0.3) is 0 Å². The van der Waals surface area contributed by atoms with Gasteiger partial charge in [-0.1, -0.05) is 40.3 Å². The summed E-state index contributed by atoms with van der Waals surface area (Å²) in [6.45, 7) is 11.0. The smallest absolute Gasteiger partial charge is 0.160 e. The standard InChI is InChI=1S/C16H24FNO2.C2H6.CH4.H2/c1-4-18-11-13(3)20-16-10-8-14(6-5-12(2)19)7-9-15(16)17;1-2;;/h5-7,9,13-14,18H,4,8,10-11H2,1-3H3;1-2H3;1H4;1H/b6-5+;;;/t13-,14?;;;/m0.../s1. The number of ketones is 1. The summed E-state index contributed by atoms with van der Waals surface area (Å²) in [4.78, 5) is 10.9. The number of ether oxygens (including phenoxy) is 1. The van der Waals surface area contributed by atoms with Crippen LogP contribution in [-0.2, 0) is 9.53 Å². The topological polar surface area (TPSA) is 38.3 Å². The van der Waals surface area contributed by atoms with Crippen molar-refractivity contribution in [1.29, 1.82) is 0 Å². The van der Waals surface area contributed by atoms with Gasteiger partial charge in [-0.25, -0.2) is 4.39 Å². The van der Waals surface area contributed by atoms with Gasteiger partial charge in [0.15, 0.2) is 11.6 Å². The summed E-state index contributed by atoms with van der Waals surface area (Å²) in [6, 6.07) is 0. The SMILES string of the molecule is C.CC.CCNC[C@H](C)OC1=C(F)C=CC(/C=C/C(C)=O)CC1.[HH]. The fraction of sp³-hybridized carbons (Fsp3) is 0.632. The lowest BCUT2D eigenvalue weighted by Gasteiger charge is -2.17. The van der Waals surface area contributed by atoms with Crippen LogP contribution in [0.3, 0.4) is 0 Å². The van der Waals surface area contributed by atoms with Crippen LogP contribution in [0.4, 0.5) is 4.39 Å². The zero-order valence-electron chi connectivity index (χ0n) is 14.5. The molecule has 0 bridgehead atoms. The van der Waals surface area contributed by atoms with Crippen LogP contribution in [0.5, 0.6) is 0 Å². The average molecular weight is 330 g/mol. The zero-order chi connectivity index (χ0) is 17.0. The van der Waals surface area contributed by atoms with E-state index in [1.807, 2.05) is 33.8 Å². The minimum atomic E-state index is -0.313. The first-order valence-corrected chi connectivity index (χ1v) is 8.16. The van der Waals surface area contributed by atoms with E-state index >= 15 is 0 Å². The van der Waals surface area contributed by atoms with Crippen LogP contribution in [0.2, 0.25) is 0 Å². The largest absolute Gasteiger partial charge is 0.491 e. The van der Waals surface area contributed by atoms with Gasteiger partial charge in [0.25, 0.3) is 0 Å². The highest BCUT2D eigenvalue weighted by molar-refractivity contribution is 5.87. The van der Waals surface area contributed by atoms with Crippen LogP contribution in [0.15, 0.2) is 35.9 Å². The molecule has 0 aliphatic heterocycles. The van der Waals surface area contributed by atoms with Crippen LogP contribution >= 0.6 is 0 Å². The molecular formula is C19H36FNO2. The summed E-state index contributed by atoms with van der Waals surface area (Å²) >= 11 is 0. The van der Waals surface area contributed by atoms with E-state index in [1.165, 1.54) is 19.1 Å². The van der Waals surface area contributed by atoms with Crippen LogP contribution < -0.4 is 5.32 Å². The average Bonchev–Trinajstić information content (AvgIpc) is 2.68. The number of likely N-dealkylation sites (N-methyl/N-ethyl adjacent to an activating group) is 1. The van der Waals surface area contributed by atoms with E-state index in [0.29, 0.717) is 18.7 Å². The minimum Gasteiger partial charge on any atom is -0.491 e. The second-order valence-corrected chi connectivity index (χ2v) is 5.04. The van der Waals surface area contributed by atoms with Crippen molar-refractivity contribution in [3.05, 3.63) is 35.9 Å². The number of carbonyl (C=O) groups is 1. The molecule has 1 N–H and O–H groups in total. The van der Waals surface area contributed by atoms with E-state index in [9.17, 15) is 9.18 Å². The van der Waals surface area contributed by atoms with E-state index in [1.54, 1.807) is 6.08 Å². The van der Waals surface area contributed by atoms with Crippen molar-refractivity contribution in [2.45, 2.75) is 61.0 Å². The monoisotopic (exact) mass is 329 g/mol. The Hall–Kier alpha value is -1.42. The van der Waals surface area contributed by atoms with Crippen LogP contribution in [0, 0.1) is 5.92 Å². The second-order valence-electron chi connectivity index (χ2n) is 5.04. The fourth-order valence-electron chi connectivity index (χ4n) is 1.98. The zero-order valence-corrected chi connectivity index (χ0v) is 14.5. The summed E-state index contributed by atoms with van der Waals surface area (Å²) in [7, 11) is 0. The molecular weight excluding hydrogens is 293 g/mol. The molecule has 1 aliphatic rings. The molecule has 0 amide bonds. The van der Waals surface area contributed by atoms with Crippen molar-refractivity contribution in [3.8, 4) is 0 Å². The Kier molecular flexibility index (Phi) is 14.7. The Morgan fingerprint density at radius 1 is 1.57 bits per heavy atom. The molecule has 0 aromatic rings. The molecule has 1 unspecified atom stereocenters. The van der Waals surface area contributed by atoms with Gasteiger partial charge in [0.05, 0.1) is 0 Å². The van der Waals surface area contributed by atoms with Crippen molar-refractivity contribution < 1.29 is 15.3 Å². The molecule has 0 aromatic heterocycles. The van der Waals surface area contributed by atoms with Gasteiger partial charge in [-0.15, -0.1) is 0 Å². The highest BCUT2D eigenvalue weighted by Gasteiger charge is 2.15. The Bertz CT molecular complexity index is 420. The predicted octanol–water partition coefficient (Wildman–Crippen LogP) is 5.20. The van der Waals surface area contributed by atoms with Crippen LogP contribution in [-0.4, -0.2) is 25.0 Å². The van der Waals surface area contributed by atoms with E-state index in [2.05, 4.69) is 5.32 Å². The van der Waals surface area contributed by atoms with Gasteiger partial charge in [0.1, 0.15) is 11.9 Å². The molecule has 1 aliphatic carbocycles. The van der Waals surface area contributed by atoms with Crippen molar-refractivity contribution in [2.75, 3.05) is 13.1 Å². The maximum atomic E-state index is 13.9. The maximum Gasteiger partial charge on any atom is 0.160 e. The van der Waals surface area contributed by atoms with Crippen molar-refractivity contribution in [3.63, 3.8) is 0 Å². The Labute approximate surface area is 143 Å². The lowest BCUT2D eigenvalue weighted by Crippen LogP contribution is -2.26. The summed E-state index contributed by atoms with van der Waals surface area (Å²) in [6.07, 6.45) is 7.80. The molecule has 3 nitrogen and oxygen atoms in total. The van der Waals surface area contributed by atoms with E-state index < -0.39 is 0 Å². The highest BCUT2D eigenvalue weighted by atomic mass is 19.1. The summed E-state index contributed by atoms with van der Waals surface area (Å²) in [5.41, 5.74) is 0. The highest BCUT2D eigenvalue weighted by Crippen LogP contribution is 2.25. The third-order valence-electron chi connectivity index (χ3n) is 3.06. The molecule has 0 radical (unpaired) electrons. The third-order valence-corrected chi connectivity index (χ3v) is 3.06. The quantitative estimate of drug-likeness (QED) is 0.652. The fourth-order valence-corrected chi connectivity index (χ4v) is 1.98. The molecule has 0 spiro atoms. The van der Waals surface area contributed by atoms with Gasteiger partial charge < -0.3 is 10.1 Å². The summed E-state index contributed by atoms with van der Waals surface area (Å²) in [5, 5.41) is 3.17. The number of hydrogen-bond acceptors (Lipinski definition) is 3. The number of allylic oxidation sites excluding steroid dienone is 6. The Morgan fingerprint density at radius 3 is 2.78 bits per heavy atom. The van der Waals surface area contributed by atoms with Gasteiger partial charge in [-0.05, 0) is 44.9 Å². The first-order chi connectivity index (χ1) is 10.5. The normalized spacial score (nSPS) is 18.6. The van der Waals surface area contributed by atoms with Gasteiger partial charge in [0.2, 0.25) is 0 Å². The lowest BCUT2D eigenvalue weighted by atomic mass is 10.0. The van der Waals surface area contributed by atoms with Crippen molar-refractivity contribution in [2.24, 2.45) is 5.92 Å². The van der Waals surface area contributed by atoms with Gasteiger partial charge in [0, 0.05) is 14.4 Å².